The van der Waals surface area contributed by atoms with Crippen LogP contribution in [0, 0.1) is 0 Å². The highest BCUT2D eigenvalue weighted by Crippen LogP contribution is 2.40. The third-order valence-corrected chi connectivity index (χ3v) is 3.47. The number of halogens is 1. The SMILES string of the molecule is CCOP(OCC)OCc1cccc(Br)c1. The first kappa shape index (κ1) is 14.1. The van der Waals surface area contributed by atoms with Crippen molar-refractivity contribution in [1.29, 1.82) is 0 Å². The van der Waals surface area contributed by atoms with Crippen LogP contribution in [0.3, 0.4) is 0 Å². The summed E-state index contributed by atoms with van der Waals surface area (Å²) in [4.78, 5) is 0. The zero-order valence-electron chi connectivity index (χ0n) is 9.48. The zero-order chi connectivity index (χ0) is 11.8. The van der Waals surface area contributed by atoms with E-state index in [1.54, 1.807) is 0 Å². The van der Waals surface area contributed by atoms with Crippen LogP contribution in [0.4, 0.5) is 0 Å². The lowest BCUT2D eigenvalue weighted by atomic mass is 10.2. The van der Waals surface area contributed by atoms with Crippen LogP contribution in [-0.2, 0) is 20.2 Å². The van der Waals surface area contributed by atoms with Gasteiger partial charge in [-0.15, -0.1) is 0 Å². The molecule has 0 aliphatic carbocycles. The Hall–Kier alpha value is 0.0100. The van der Waals surface area contributed by atoms with Crippen LogP contribution in [0.1, 0.15) is 19.4 Å². The number of hydrogen-bond donors (Lipinski definition) is 0. The molecule has 0 fully saturated rings. The molecule has 0 bridgehead atoms. The minimum Gasteiger partial charge on any atom is -0.313 e. The molecule has 90 valence electrons. The molecule has 0 saturated carbocycles. The third-order valence-electron chi connectivity index (χ3n) is 1.69. The Morgan fingerprint density at radius 2 is 1.81 bits per heavy atom. The summed E-state index contributed by atoms with van der Waals surface area (Å²) in [7, 11) is -1.21. The van der Waals surface area contributed by atoms with E-state index in [-0.39, 0.29) is 0 Å². The standard InChI is InChI=1S/C11H16BrO3P/c1-3-13-16(14-4-2)15-9-10-6-5-7-11(12)8-10/h5-8H,3-4,9H2,1-2H3. The molecule has 0 atom stereocenters. The molecule has 0 heterocycles. The van der Waals surface area contributed by atoms with Crippen molar-refractivity contribution in [2.75, 3.05) is 13.2 Å². The molecule has 0 radical (unpaired) electrons. The fourth-order valence-corrected chi connectivity index (χ4v) is 2.42. The average molecular weight is 307 g/mol. The molecule has 5 heteroatoms. The zero-order valence-corrected chi connectivity index (χ0v) is 12.0. The van der Waals surface area contributed by atoms with Crippen molar-refractivity contribution in [2.45, 2.75) is 20.5 Å². The summed E-state index contributed by atoms with van der Waals surface area (Å²) in [6.45, 7) is 5.56. The summed E-state index contributed by atoms with van der Waals surface area (Å²) in [5, 5.41) is 0. The molecule has 3 nitrogen and oxygen atoms in total. The quantitative estimate of drug-likeness (QED) is 0.704. The highest BCUT2D eigenvalue weighted by Gasteiger charge is 2.10. The predicted molar refractivity (Wildman–Crippen MR) is 69.1 cm³/mol. The monoisotopic (exact) mass is 306 g/mol. The van der Waals surface area contributed by atoms with Gasteiger partial charge in [0.15, 0.2) is 0 Å². The van der Waals surface area contributed by atoms with Crippen LogP contribution in [0.25, 0.3) is 0 Å². The van der Waals surface area contributed by atoms with Gasteiger partial charge in [0.2, 0.25) is 0 Å². The Kier molecular flexibility index (Phi) is 7.17. The van der Waals surface area contributed by atoms with Crippen molar-refractivity contribution >= 4 is 24.5 Å². The van der Waals surface area contributed by atoms with Crippen molar-refractivity contribution in [1.82, 2.24) is 0 Å². The molecule has 0 aromatic heterocycles. The summed E-state index contributed by atoms with van der Waals surface area (Å²) >= 11 is 3.42. The van der Waals surface area contributed by atoms with Gasteiger partial charge in [0.05, 0.1) is 19.8 Å². The van der Waals surface area contributed by atoms with Gasteiger partial charge in [0.25, 0.3) is 0 Å². The average Bonchev–Trinajstić information content (AvgIpc) is 2.27. The molecular formula is C11H16BrO3P. The van der Waals surface area contributed by atoms with E-state index in [0.717, 1.165) is 10.0 Å². The Morgan fingerprint density at radius 1 is 1.12 bits per heavy atom. The van der Waals surface area contributed by atoms with Crippen LogP contribution >= 0.6 is 24.5 Å². The summed E-state index contributed by atoms with van der Waals surface area (Å²) < 4.78 is 17.3. The van der Waals surface area contributed by atoms with E-state index in [9.17, 15) is 0 Å². The Bertz CT molecular complexity index is 303. The van der Waals surface area contributed by atoms with Crippen molar-refractivity contribution in [3.05, 3.63) is 34.3 Å². The predicted octanol–water partition coefficient (Wildman–Crippen LogP) is 4.27. The van der Waals surface area contributed by atoms with Crippen LogP contribution in [0.15, 0.2) is 28.7 Å². The molecule has 0 aliphatic heterocycles. The second kappa shape index (κ2) is 8.15. The maximum atomic E-state index is 5.56. The third kappa shape index (κ3) is 5.37. The Balaban J connectivity index is 2.41. The highest BCUT2D eigenvalue weighted by atomic mass is 79.9. The maximum Gasteiger partial charge on any atom is 0.332 e. The van der Waals surface area contributed by atoms with Crippen LogP contribution < -0.4 is 0 Å². The van der Waals surface area contributed by atoms with E-state index < -0.39 is 8.60 Å². The van der Waals surface area contributed by atoms with Gasteiger partial charge in [-0.05, 0) is 31.5 Å². The molecule has 1 rings (SSSR count). The van der Waals surface area contributed by atoms with Gasteiger partial charge in [-0.2, -0.15) is 0 Å². The van der Waals surface area contributed by atoms with Gasteiger partial charge in [-0.3, -0.25) is 0 Å². The van der Waals surface area contributed by atoms with E-state index >= 15 is 0 Å². The molecule has 0 amide bonds. The van der Waals surface area contributed by atoms with Crippen molar-refractivity contribution in [2.24, 2.45) is 0 Å². The maximum absolute atomic E-state index is 5.56. The van der Waals surface area contributed by atoms with Gasteiger partial charge in [0.1, 0.15) is 0 Å². The van der Waals surface area contributed by atoms with Gasteiger partial charge in [0, 0.05) is 4.47 Å². The van der Waals surface area contributed by atoms with Crippen LogP contribution in [0.5, 0.6) is 0 Å². The highest BCUT2D eigenvalue weighted by molar-refractivity contribution is 9.10. The van der Waals surface area contributed by atoms with Crippen molar-refractivity contribution < 1.29 is 13.6 Å². The van der Waals surface area contributed by atoms with Gasteiger partial charge in [-0.1, -0.05) is 28.1 Å². The van der Waals surface area contributed by atoms with Crippen LogP contribution in [0.2, 0.25) is 0 Å². The topological polar surface area (TPSA) is 27.7 Å². The lowest BCUT2D eigenvalue weighted by Gasteiger charge is -2.14. The summed E-state index contributed by atoms with van der Waals surface area (Å²) in [6, 6.07) is 7.99. The van der Waals surface area contributed by atoms with Crippen LogP contribution in [-0.4, -0.2) is 13.2 Å². The largest absolute Gasteiger partial charge is 0.332 e. The molecule has 0 N–H and O–H groups in total. The number of hydrogen-bond acceptors (Lipinski definition) is 3. The molecule has 0 spiro atoms. The first-order chi connectivity index (χ1) is 7.76. The van der Waals surface area contributed by atoms with E-state index in [2.05, 4.69) is 15.9 Å². The normalized spacial score (nSPS) is 11.0. The second-order valence-corrected chi connectivity index (χ2v) is 5.10. The molecular weight excluding hydrogens is 291 g/mol. The Labute approximate surface area is 106 Å². The van der Waals surface area contributed by atoms with Gasteiger partial charge in [-0.25, -0.2) is 0 Å². The van der Waals surface area contributed by atoms with E-state index in [0.29, 0.717) is 19.8 Å². The van der Waals surface area contributed by atoms with E-state index in [1.165, 1.54) is 0 Å². The van der Waals surface area contributed by atoms with E-state index in [1.807, 2.05) is 38.1 Å². The summed E-state index contributed by atoms with van der Waals surface area (Å²) in [5.41, 5.74) is 1.10. The van der Waals surface area contributed by atoms with Gasteiger partial charge >= 0.3 is 8.60 Å². The number of benzene rings is 1. The molecule has 16 heavy (non-hydrogen) atoms. The van der Waals surface area contributed by atoms with Crippen molar-refractivity contribution in [3.8, 4) is 0 Å². The van der Waals surface area contributed by atoms with Crippen molar-refractivity contribution in [3.63, 3.8) is 0 Å². The summed E-state index contributed by atoms with van der Waals surface area (Å²) in [6.07, 6.45) is 0. The lowest BCUT2D eigenvalue weighted by Crippen LogP contribution is -1.96. The second-order valence-electron chi connectivity index (χ2n) is 2.96. The Morgan fingerprint density at radius 3 is 2.38 bits per heavy atom. The van der Waals surface area contributed by atoms with Gasteiger partial charge < -0.3 is 13.6 Å². The minimum absolute atomic E-state index is 0.505. The first-order valence-electron chi connectivity index (χ1n) is 5.19. The fraction of sp³-hybridized carbons (Fsp3) is 0.455. The molecule has 1 aromatic carbocycles. The minimum atomic E-state index is -1.21. The van der Waals surface area contributed by atoms with E-state index in [4.69, 9.17) is 13.6 Å². The smallest absolute Gasteiger partial charge is 0.313 e. The molecule has 1 aromatic rings. The first-order valence-corrected chi connectivity index (χ1v) is 7.08. The molecule has 0 unspecified atom stereocenters. The molecule has 0 aliphatic rings. The fourth-order valence-electron chi connectivity index (χ4n) is 1.08. The lowest BCUT2D eigenvalue weighted by molar-refractivity contribution is 0.164. The summed E-state index contributed by atoms with van der Waals surface area (Å²) in [5.74, 6) is 0. The number of rotatable bonds is 7. The molecule has 0 saturated heterocycles.